The number of ether oxygens (including phenoxy) is 1. The Morgan fingerprint density at radius 2 is 2.21 bits per heavy atom. The quantitative estimate of drug-likeness (QED) is 0.763. The van der Waals surface area contributed by atoms with Gasteiger partial charge >= 0.3 is 6.61 Å². The summed E-state index contributed by atoms with van der Waals surface area (Å²) < 4.78 is 28.6. The third-order valence-corrected chi connectivity index (χ3v) is 3.72. The van der Waals surface area contributed by atoms with E-state index in [1.54, 1.807) is 0 Å². The molecule has 0 unspecified atom stereocenters. The largest absolute Gasteiger partial charge is 0.433 e. The van der Waals surface area contributed by atoms with Gasteiger partial charge in [0.25, 0.3) is 5.91 Å². The van der Waals surface area contributed by atoms with E-state index < -0.39 is 12.5 Å². The number of anilines is 1. The third kappa shape index (κ3) is 3.95. The van der Waals surface area contributed by atoms with Crippen LogP contribution < -0.4 is 15.4 Å². The van der Waals surface area contributed by atoms with E-state index >= 15 is 0 Å². The van der Waals surface area contributed by atoms with E-state index in [1.165, 1.54) is 18.2 Å². The fraction of sp³-hybridized carbons (Fsp3) is 0.286. The smallest absolute Gasteiger partial charge is 0.387 e. The number of aromatic nitrogens is 2. The normalized spacial score (nSPS) is 13.2. The van der Waals surface area contributed by atoms with Crippen molar-refractivity contribution in [2.75, 3.05) is 11.9 Å². The molecule has 0 spiro atoms. The Morgan fingerprint density at radius 3 is 2.92 bits per heavy atom. The van der Waals surface area contributed by atoms with Crippen LogP contribution in [0.3, 0.4) is 0 Å². The standard InChI is InChI=1S/C14H13ClF2N4O2.ClH/c15-9-5-7(1-2-11(9)23-14(16)17)19-13(22)12-8-6-18-4-3-10(8)20-21-12;/h1-2,5,14,18H,3-4,6H2,(H,19,22)(H,20,21);1H. The molecule has 0 bridgehead atoms. The molecule has 0 fully saturated rings. The minimum Gasteiger partial charge on any atom is -0.433 e. The first-order valence-electron chi connectivity index (χ1n) is 6.87. The fourth-order valence-electron chi connectivity index (χ4n) is 2.37. The molecule has 3 rings (SSSR count). The molecule has 3 N–H and O–H groups in total. The van der Waals surface area contributed by atoms with Crippen LogP contribution in [-0.4, -0.2) is 29.3 Å². The Bertz CT molecular complexity index is 740. The lowest BCUT2D eigenvalue weighted by Gasteiger charge is -2.13. The molecule has 24 heavy (non-hydrogen) atoms. The van der Waals surface area contributed by atoms with Crippen molar-refractivity contribution in [1.82, 2.24) is 15.5 Å². The summed E-state index contributed by atoms with van der Waals surface area (Å²) in [5, 5.41) is 12.7. The highest BCUT2D eigenvalue weighted by Crippen LogP contribution is 2.29. The van der Waals surface area contributed by atoms with Gasteiger partial charge in [-0.15, -0.1) is 12.4 Å². The zero-order chi connectivity index (χ0) is 16.4. The maximum atomic E-state index is 12.3. The second kappa shape index (κ2) is 7.78. The number of rotatable bonds is 4. The van der Waals surface area contributed by atoms with Crippen LogP contribution in [0.2, 0.25) is 5.02 Å². The number of benzene rings is 1. The Balaban J connectivity index is 0.00000208. The van der Waals surface area contributed by atoms with Gasteiger partial charge < -0.3 is 15.4 Å². The first kappa shape index (κ1) is 18.4. The van der Waals surface area contributed by atoms with Gasteiger partial charge in [-0.25, -0.2) is 0 Å². The molecule has 0 radical (unpaired) electrons. The van der Waals surface area contributed by atoms with Crippen molar-refractivity contribution in [1.29, 1.82) is 0 Å². The molecular formula is C14H14Cl2F2N4O2. The second-order valence-corrected chi connectivity index (χ2v) is 5.34. The molecule has 2 aromatic rings. The average molecular weight is 379 g/mol. The number of aromatic amines is 1. The van der Waals surface area contributed by atoms with Gasteiger partial charge in [0.05, 0.1) is 5.02 Å². The number of fused-ring (bicyclic) bond motifs is 1. The lowest BCUT2D eigenvalue weighted by atomic mass is 10.1. The number of alkyl halides is 2. The summed E-state index contributed by atoms with van der Waals surface area (Å²) in [6.45, 7) is -1.57. The molecule has 10 heteroatoms. The predicted octanol–water partition coefficient (Wildman–Crippen LogP) is 2.98. The number of carbonyl (C=O) groups excluding carboxylic acids is 1. The van der Waals surface area contributed by atoms with Crippen LogP contribution >= 0.6 is 24.0 Å². The summed E-state index contributed by atoms with van der Waals surface area (Å²) in [6.07, 6.45) is 0.779. The van der Waals surface area contributed by atoms with E-state index in [9.17, 15) is 13.6 Å². The van der Waals surface area contributed by atoms with Gasteiger partial charge in [-0.05, 0) is 18.2 Å². The molecular weight excluding hydrogens is 365 g/mol. The Hall–Kier alpha value is -1.90. The number of carbonyl (C=O) groups is 1. The van der Waals surface area contributed by atoms with E-state index in [-0.39, 0.29) is 23.2 Å². The van der Waals surface area contributed by atoms with Gasteiger partial charge in [0, 0.05) is 36.5 Å². The summed E-state index contributed by atoms with van der Waals surface area (Å²) in [6, 6.07) is 4.04. The second-order valence-electron chi connectivity index (χ2n) is 4.93. The van der Waals surface area contributed by atoms with Crippen molar-refractivity contribution in [2.24, 2.45) is 0 Å². The van der Waals surface area contributed by atoms with Crippen LogP contribution in [0, 0.1) is 0 Å². The summed E-state index contributed by atoms with van der Waals surface area (Å²) in [7, 11) is 0. The van der Waals surface area contributed by atoms with Gasteiger partial charge in [0.1, 0.15) is 5.75 Å². The van der Waals surface area contributed by atoms with Crippen molar-refractivity contribution in [3.05, 3.63) is 40.2 Å². The topological polar surface area (TPSA) is 79.0 Å². The van der Waals surface area contributed by atoms with Crippen molar-refractivity contribution < 1.29 is 18.3 Å². The van der Waals surface area contributed by atoms with Gasteiger partial charge in [-0.3, -0.25) is 9.89 Å². The van der Waals surface area contributed by atoms with Crippen molar-refractivity contribution >= 4 is 35.6 Å². The fourth-order valence-corrected chi connectivity index (χ4v) is 2.60. The number of amides is 1. The lowest BCUT2D eigenvalue weighted by Crippen LogP contribution is -2.25. The van der Waals surface area contributed by atoms with Crippen molar-refractivity contribution in [3.63, 3.8) is 0 Å². The van der Waals surface area contributed by atoms with Gasteiger partial charge in [0.2, 0.25) is 0 Å². The molecule has 1 aliphatic heterocycles. The summed E-state index contributed by atoms with van der Waals surface area (Å²) in [5.41, 5.74) is 2.43. The Morgan fingerprint density at radius 1 is 1.42 bits per heavy atom. The van der Waals surface area contributed by atoms with E-state index in [0.29, 0.717) is 17.9 Å². The third-order valence-electron chi connectivity index (χ3n) is 3.43. The van der Waals surface area contributed by atoms with E-state index in [2.05, 4.69) is 25.6 Å². The van der Waals surface area contributed by atoms with Gasteiger partial charge in [-0.1, -0.05) is 11.6 Å². The highest BCUT2D eigenvalue weighted by Gasteiger charge is 2.21. The van der Waals surface area contributed by atoms with E-state index in [0.717, 1.165) is 24.2 Å². The predicted molar refractivity (Wildman–Crippen MR) is 87.3 cm³/mol. The maximum absolute atomic E-state index is 12.3. The molecule has 6 nitrogen and oxygen atoms in total. The SMILES string of the molecule is Cl.O=C(Nc1ccc(OC(F)F)c(Cl)c1)c1n[nH]c2c1CNCC2. The van der Waals surface area contributed by atoms with Crippen molar-refractivity contribution in [3.8, 4) is 5.75 Å². The number of hydrogen-bond donors (Lipinski definition) is 3. The van der Waals surface area contributed by atoms with E-state index in [4.69, 9.17) is 11.6 Å². The lowest BCUT2D eigenvalue weighted by molar-refractivity contribution is -0.0497. The van der Waals surface area contributed by atoms with E-state index in [1.807, 2.05) is 0 Å². The molecule has 1 aromatic heterocycles. The molecule has 0 atom stereocenters. The highest BCUT2D eigenvalue weighted by atomic mass is 35.5. The van der Waals surface area contributed by atoms with Gasteiger partial charge in [-0.2, -0.15) is 13.9 Å². The molecule has 2 heterocycles. The number of halogens is 4. The molecule has 1 aromatic carbocycles. The Kier molecular flexibility index (Phi) is 5.98. The molecule has 0 aliphatic carbocycles. The Labute approximate surface area is 147 Å². The first-order valence-corrected chi connectivity index (χ1v) is 7.25. The van der Waals surface area contributed by atoms with Crippen molar-refractivity contribution in [2.45, 2.75) is 19.6 Å². The number of nitrogens with zero attached hydrogens (tertiary/aromatic N) is 1. The number of hydrogen-bond acceptors (Lipinski definition) is 4. The number of H-pyrrole nitrogens is 1. The minimum atomic E-state index is -2.96. The summed E-state index contributed by atoms with van der Waals surface area (Å²) in [4.78, 5) is 12.3. The van der Waals surface area contributed by atoms with Crippen LogP contribution in [0.5, 0.6) is 5.75 Å². The summed E-state index contributed by atoms with van der Waals surface area (Å²) >= 11 is 5.86. The first-order chi connectivity index (χ1) is 11.0. The maximum Gasteiger partial charge on any atom is 0.387 e. The molecule has 0 saturated heterocycles. The zero-order valence-corrected chi connectivity index (χ0v) is 13.8. The highest BCUT2D eigenvalue weighted by molar-refractivity contribution is 6.32. The van der Waals surface area contributed by atoms with Crippen LogP contribution in [0.25, 0.3) is 0 Å². The van der Waals surface area contributed by atoms with Crippen LogP contribution in [0.1, 0.15) is 21.7 Å². The molecule has 130 valence electrons. The van der Waals surface area contributed by atoms with Crippen LogP contribution in [0.4, 0.5) is 14.5 Å². The van der Waals surface area contributed by atoms with Gasteiger partial charge in [0.15, 0.2) is 5.69 Å². The zero-order valence-electron chi connectivity index (χ0n) is 12.2. The monoisotopic (exact) mass is 378 g/mol. The minimum absolute atomic E-state index is 0. The molecule has 0 saturated carbocycles. The molecule has 1 aliphatic rings. The average Bonchev–Trinajstić information content (AvgIpc) is 2.94. The molecule has 1 amide bonds. The van der Waals surface area contributed by atoms with Crippen LogP contribution in [-0.2, 0) is 13.0 Å². The summed E-state index contributed by atoms with van der Waals surface area (Å²) in [5.74, 6) is -0.550. The number of nitrogens with one attached hydrogen (secondary N) is 3. The van der Waals surface area contributed by atoms with Crippen LogP contribution in [0.15, 0.2) is 18.2 Å².